The first kappa shape index (κ1) is 11.9. The van der Waals surface area contributed by atoms with Gasteiger partial charge in [-0.15, -0.1) is 0 Å². The van der Waals surface area contributed by atoms with Gasteiger partial charge in [-0.2, -0.15) is 0 Å². The van der Waals surface area contributed by atoms with Gasteiger partial charge in [-0.25, -0.2) is 4.98 Å². The average Bonchev–Trinajstić information content (AvgIpc) is 2.30. The minimum absolute atomic E-state index is 0.0964. The van der Waals surface area contributed by atoms with Crippen LogP contribution in [-0.2, 0) is 11.3 Å². The van der Waals surface area contributed by atoms with Gasteiger partial charge in [0.2, 0.25) is 5.91 Å². The number of nitrogens with zero attached hydrogens (tertiary/aromatic N) is 2. The minimum atomic E-state index is 0.0964. The third-order valence-electron chi connectivity index (χ3n) is 2.67. The summed E-state index contributed by atoms with van der Waals surface area (Å²) < 4.78 is 0. The van der Waals surface area contributed by atoms with Crippen molar-refractivity contribution < 1.29 is 4.79 Å². The fourth-order valence-electron chi connectivity index (χ4n) is 1.90. The standard InChI is InChI=1S/C12H18N4O/c1-2-13-11-5-3-4-10(15-11)8-16-7-6-14-12(17)9-16/h3-5H,2,6-9H2,1H3,(H,13,15)(H,14,17). The van der Waals surface area contributed by atoms with Crippen LogP contribution in [0, 0.1) is 0 Å². The second kappa shape index (κ2) is 5.63. The molecule has 5 nitrogen and oxygen atoms in total. The van der Waals surface area contributed by atoms with E-state index in [-0.39, 0.29) is 5.91 Å². The molecule has 2 rings (SSSR count). The third-order valence-corrected chi connectivity index (χ3v) is 2.67. The third kappa shape index (κ3) is 3.42. The fourth-order valence-corrected chi connectivity index (χ4v) is 1.90. The Labute approximate surface area is 101 Å². The van der Waals surface area contributed by atoms with E-state index in [0.29, 0.717) is 6.54 Å². The summed E-state index contributed by atoms with van der Waals surface area (Å²) in [5, 5.41) is 6.00. The highest BCUT2D eigenvalue weighted by atomic mass is 16.2. The molecule has 1 aromatic rings. The molecule has 1 aliphatic rings. The molecule has 1 aliphatic heterocycles. The summed E-state index contributed by atoms with van der Waals surface area (Å²) in [6.07, 6.45) is 0. The van der Waals surface area contributed by atoms with E-state index in [1.807, 2.05) is 25.1 Å². The summed E-state index contributed by atoms with van der Waals surface area (Å²) in [4.78, 5) is 17.9. The zero-order chi connectivity index (χ0) is 12.1. The fraction of sp³-hybridized carbons (Fsp3) is 0.500. The van der Waals surface area contributed by atoms with Crippen molar-refractivity contribution in [3.63, 3.8) is 0 Å². The lowest BCUT2D eigenvalue weighted by Gasteiger charge is -2.26. The van der Waals surface area contributed by atoms with Gasteiger partial charge in [0, 0.05) is 26.2 Å². The zero-order valence-corrected chi connectivity index (χ0v) is 10.1. The highest BCUT2D eigenvalue weighted by Gasteiger charge is 2.16. The van der Waals surface area contributed by atoms with E-state index in [9.17, 15) is 4.79 Å². The van der Waals surface area contributed by atoms with Crippen molar-refractivity contribution in [1.29, 1.82) is 0 Å². The molecule has 5 heteroatoms. The predicted octanol–water partition coefficient (Wildman–Crippen LogP) is 0.445. The Morgan fingerprint density at radius 2 is 2.41 bits per heavy atom. The molecule has 0 unspecified atom stereocenters. The topological polar surface area (TPSA) is 57.3 Å². The minimum Gasteiger partial charge on any atom is -0.370 e. The van der Waals surface area contributed by atoms with Crippen LogP contribution in [0.4, 0.5) is 5.82 Å². The van der Waals surface area contributed by atoms with Crippen LogP contribution in [-0.4, -0.2) is 42.0 Å². The van der Waals surface area contributed by atoms with E-state index in [4.69, 9.17) is 0 Å². The second-order valence-electron chi connectivity index (χ2n) is 4.11. The molecule has 0 bridgehead atoms. The lowest BCUT2D eigenvalue weighted by atomic mass is 10.3. The molecule has 1 aromatic heterocycles. The van der Waals surface area contributed by atoms with Crippen molar-refractivity contribution in [3.8, 4) is 0 Å². The summed E-state index contributed by atoms with van der Waals surface area (Å²) in [7, 11) is 0. The number of anilines is 1. The molecule has 1 amide bonds. The molecule has 1 fully saturated rings. The maximum Gasteiger partial charge on any atom is 0.234 e. The quantitative estimate of drug-likeness (QED) is 0.794. The highest BCUT2D eigenvalue weighted by Crippen LogP contribution is 2.08. The molecule has 0 saturated carbocycles. The molecular weight excluding hydrogens is 216 g/mol. The number of rotatable bonds is 4. The molecule has 0 aliphatic carbocycles. The van der Waals surface area contributed by atoms with Gasteiger partial charge in [-0.3, -0.25) is 9.69 Å². The van der Waals surface area contributed by atoms with Gasteiger partial charge in [0.1, 0.15) is 5.82 Å². The van der Waals surface area contributed by atoms with Crippen molar-refractivity contribution in [3.05, 3.63) is 23.9 Å². The predicted molar refractivity (Wildman–Crippen MR) is 66.7 cm³/mol. The van der Waals surface area contributed by atoms with Crippen molar-refractivity contribution in [2.24, 2.45) is 0 Å². The van der Waals surface area contributed by atoms with Crippen molar-refractivity contribution in [2.75, 3.05) is 31.5 Å². The van der Waals surface area contributed by atoms with E-state index in [1.165, 1.54) is 0 Å². The van der Waals surface area contributed by atoms with Crippen LogP contribution < -0.4 is 10.6 Å². The van der Waals surface area contributed by atoms with Gasteiger partial charge >= 0.3 is 0 Å². The number of pyridine rings is 1. The van der Waals surface area contributed by atoms with Crippen molar-refractivity contribution in [2.45, 2.75) is 13.5 Å². The maximum atomic E-state index is 11.2. The normalized spacial score (nSPS) is 16.6. The van der Waals surface area contributed by atoms with Crippen LogP contribution >= 0.6 is 0 Å². The molecule has 17 heavy (non-hydrogen) atoms. The largest absolute Gasteiger partial charge is 0.370 e. The summed E-state index contributed by atoms with van der Waals surface area (Å²) >= 11 is 0. The lowest BCUT2D eigenvalue weighted by Crippen LogP contribution is -2.47. The first-order chi connectivity index (χ1) is 8.28. The number of hydrogen-bond donors (Lipinski definition) is 2. The Bertz CT molecular complexity index is 394. The number of amides is 1. The van der Waals surface area contributed by atoms with Crippen LogP contribution in [0.5, 0.6) is 0 Å². The molecule has 0 radical (unpaired) electrons. The summed E-state index contributed by atoms with van der Waals surface area (Å²) in [6, 6.07) is 5.94. The Morgan fingerprint density at radius 1 is 1.53 bits per heavy atom. The van der Waals surface area contributed by atoms with Crippen molar-refractivity contribution >= 4 is 11.7 Å². The summed E-state index contributed by atoms with van der Waals surface area (Å²) in [6.45, 7) is 5.72. The molecule has 92 valence electrons. The molecule has 1 saturated heterocycles. The van der Waals surface area contributed by atoms with E-state index < -0.39 is 0 Å². The first-order valence-electron chi connectivity index (χ1n) is 5.97. The Balaban J connectivity index is 1.97. The average molecular weight is 234 g/mol. The van der Waals surface area contributed by atoms with Gasteiger partial charge in [0.25, 0.3) is 0 Å². The van der Waals surface area contributed by atoms with Gasteiger partial charge in [0.05, 0.1) is 12.2 Å². The molecule has 2 heterocycles. The molecule has 0 aromatic carbocycles. The van der Waals surface area contributed by atoms with Crippen LogP contribution in [0.1, 0.15) is 12.6 Å². The van der Waals surface area contributed by atoms with Gasteiger partial charge in [0.15, 0.2) is 0 Å². The van der Waals surface area contributed by atoms with Crippen LogP contribution in [0.3, 0.4) is 0 Å². The second-order valence-corrected chi connectivity index (χ2v) is 4.11. The zero-order valence-electron chi connectivity index (χ0n) is 10.1. The SMILES string of the molecule is CCNc1cccc(CN2CCNC(=O)C2)n1. The maximum absolute atomic E-state index is 11.2. The van der Waals surface area contributed by atoms with E-state index in [0.717, 1.165) is 37.7 Å². The van der Waals surface area contributed by atoms with Crippen LogP contribution in [0.25, 0.3) is 0 Å². The Morgan fingerprint density at radius 3 is 3.18 bits per heavy atom. The smallest absolute Gasteiger partial charge is 0.234 e. The van der Waals surface area contributed by atoms with E-state index >= 15 is 0 Å². The number of nitrogens with one attached hydrogen (secondary N) is 2. The number of hydrogen-bond acceptors (Lipinski definition) is 4. The van der Waals surface area contributed by atoms with Gasteiger partial charge < -0.3 is 10.6 Å². The Kier molecular flexibility index (Phi) is 3.93. The van der Waals surface area contributed by atoms with E-state index in [1.54, 1.807) is 0 Å². The number of carbonyl (C=O) groups is 1. The number of carbonyl (C=O) groups excluding carboxylic acids is 1. The molecule has 0 atom stereocenters. The first-order valence-corrected chi connectivity index (χ1v) is 5.97. The van der Waals surface area contributed by atoms with Gasteiger partial charge in [-0.1, -0.05) is 6.07 Å². The van der Waals surface area contributed by atoms with E-state index in [2.05, 4.69) is 20.5 Å². The van der Waals surface area contributed by atoms with Crippen LogP contribution in [0.15, 0.2) is 18.2 Å². The molecule has 0 spiro atoms. The molecular formula is C12H18N4O. The monoisotopic (exact) mass is 234 g/mol. The van der Waals surface area contributed by atoms with Crippen molar-refractivity contribution in [1.82, 2.24) is 15.2 Å². The highest BCUT2D eigenvalue weighted by molar-refractivity contribution is 5.78. The van der Waals surface area contributed by atoms with Gasteiger partial charge in [-0.05, 0) is 19.1 Å². The summed E-state index contributed by atoms with van der Waals surface area (Å²) in [5.74, 6) is 0.991. The number of piperazine rings is 1. The molecule has 2 N–H and O–H groups in total. The Hall–Kier alpha value is -1.62. The van der Waals surface area contributed by atoms with Crippen LogP contribution in [0.2, 0.25) is 0 Å². The number of aromatic nitrogens is 1. The summed E-state index contributed by atoms with van der Waals surface area (Å²) in [5.41, 5.74) is 0.998. The lowest BCUT2D eigenvalue weighted by molar-refractivity contribution is -0.124.